The van der Waals surface area contributed by atoms with E-state index in [9.17, 15) is 9.59 Å². The van der Waals surface area contributed by atoms with Crippen LogP contribution in [-0.2, 0) is 9.53 Å². The van der Waals surface area contributed by atoms with E-state index in [1.54, 1.807) is 23.4 Å². The predicted octanol–water partition coefficient (Wildman–Crippen LogP) is 2.70. The number of aromatic nitrogens is 2. The summed E-state index contributed by atoms with van der Waals surface area (Å²) < 4.78 is 5.08. The zero-order valence-corrected chi connectivity index (χ0v) is 14.8. The van der Waals surface area contributed by atoms with E-state index in [1.807, 2.05) is 18.2 Å². The summed E-state index contributed by atoms with van der Waals surface area (Å²) in [5, 5.41) is 5.41. The maximum absolute atomic E-state index is 12.7. The molecular formula is C17H20N4O3S. The molecule has 1 saturated heterocycles. The molecule has 1 atom stereocenters. The van der Waals surface area contributed by atoms with Crippen molar-refractivity contribution < 1.29 is 14.3 Å². The highest BCUT2D eigenvalue weighted by atomic mass is 32.1. The van der Waals surface area contributed by atoms with E-state index in [1.165, 1.54) is 11.3 Å². The largest absolute Gasteiger partial charge is 0.466 e. The van der Waals surface area contributed by atoms with Gasteiger partial charge in [-0.2, -0.15) is 0 Å². The van der Waals surface area contributed by atoms with Gasteiger partial charge in [0, 0.05) is 24.7 Å². The molecule has 1 amide bonds. The van der Waals surface area contributed by atoms with Crippen LogP contribution in [0.1, 0.15) is 30.3 Å². The standard InChI is InChI=1S/C17H20N4O3S/c1-2-24-16(23)12-6-5-9-21(10-12)15(22)13-11-25-17(19-13)20-14-7-3-4-8-18-14/h3-4,7-8,11-12H,2,5-6,9-10H2,1H3,(H,18,19,20)/t12-/m1/s1. The van der Waals surface area contributed by atoms with Crippen LogP contribution in [0, 0.1) is 5.92 Å². The third-order valence-electron chi connectivity index (χ3n) is 3.95. The molecule has 0 saturated carbocycles. The van der Waals surface area contributed by atoms with Crippen molar-refractivity contribution in [2.75, 3.05) is 25.0 Å². The number of carbonyl (C=O) groups is 2. The van der Waals surface area contributed by atoms with Crippen molar-refractivity contribution in [3.05, 3.63) is 35.5 Å². The van der Waals surface area contributed by atoms with Crippen LogP contribution in [0.15, 0.2) is 29.8 Å². The molecule has 2 aromatic heterocycles. The lowest BCUT2D eigenvalue weighted by molar-refractivity contribution is -0.149. The summed E-state index contributed by atoms with van der Waals surface area (Å²) >= 11 is 1.35. The van der Waals surface area contributed by atoms with Gasteiger partial charge in [0.2, 0.25) is 0 Å². The molecular weight excluding hydrogens is 340 g/mol. The molecule has 1 fully saturated rings. The van der Waals surface area contributed by atoms with E-state index in [0.717, 1.165) is 12.8 Å². The summed E-state index contributed by atoms with van der Waals surface area (Å²) in [6, 6.07) is 5.54. The SMILES string of the molecule is CCOC(=O)[C@@H]1CCCN(C(=O)c2csc(Nc3ccccn3)n2)C1. The van der Waals surface area contributed by atoms with Crippen LogP contribution in [-0.4, -0.2) is 46.4 Å². The zero-order valence-electron chi connectivity index (χ0n) is 14.0. The fraction of sp³-hybridized carbons (Fsp3) is 0.412. The van der Waals surface area contributed by atoms with Crippen LogP contribution >= 0.6 is 11.3 Å². The number of likely N-dealkylation sites (tertiary alicyclic amines) is 1. The van der Waals surface area contributed by atoms with Crippen LogP contribution in [0.4, 0.5) is 10.9 Å². The first kappa shape index (κ1) is 17.3. The second-order valence-electron chi connectivity index (χ2n) is 5.72. The van der Waals surface area contributed by atoms with E-state index in [4.69, 9.17) is 4.74 Å². The molecule has 132 valence electrons. The number of amides is 1. The lowest BCUT2D eigenvalue weighted by Crippen LogP contribution is -2.42. The minimum atomic E-state index is -0.248. The fourth-order valence-electron chi connectivity index (χ4n) is 2.75. The number of piperidine rings is 1. The third-order valence-corrected chi connectivity index (χ3v) is 4.71. The van der Waals surface area contributed by atoms with Crippen LogP contribution in [0.2, 0.25) is 0 Å². The molecule has 0 spiro atoms. The second kappa shape index (κ2) is 8.06. The van der Waals surface area contributed by atoms with Crippen molar-refractivity contribution in [2.45, 2.75) is 19.8 Å². The summed E-state index contributed by atoms with van der Waals surface area (Å²) in [7, 11) is 0. The lowest BCUT2D eigenvalue weighted by Gasteiger charge is -2.31. The summed E-state index contributed by atoms with van der Waals surface area (Å²) in [6.07, 6.45) is 3.23. The Hall–Kier alpha value is -2.48. The molecule has 7 nitrogen and oxygen atoms in total. The number of pyridine rings is 1. The van der Waals surface area contributed by atoms with Gasteiger partial charge in [-0.05, 0) is 31.9 Å². The number of anilines is 2. The molecule has 25 heavy (non-hydrogen) atoms. The van der Waals surface area contributed by atoms with E-state index >= 15 is 0 Å². The van der Waals surface area contributed by atoms with E-state index in [0.29, 0.717) is 36.3 Å². The molecule has 0 aromatic carbocycles. The number of thiazole rings is 1. The molecule has 0 aliphatic carbocycles. The minimum absolute atomic E-state index is 0.153. The molecule has 3 heterocycles. The summed E-state index contributed by atoms with van der Waals surface area (Å²) in [5.74, 6) is 0.0497. The smallest absolute Gasteiger partial charge is 0.310 e. The van der Waals surface area contributed by atoms with Crippen molar-refractivity contribution >= 4 is 34.2 Å². The Kier molecular flexibility index (Phi) is 5.60. The Labute approximate surface area is 150 Å². The molecule has 1 N–H and O–H groups in total. The van der Waals surface area contributed by atoms with Gasteiger partial charge >= 0.3 is 5.97 Å². The molecule has 8 heteroatoms. The molecule has 3 rings (SSSR count). The fourth-order valence-corrected chi connectivity index (χ4v) is 3.44. The van der Waals surface area contributed by atoms with Gasteiger partial charge in [-0.1, -0.05) is 6.07 Å². The molecule has 1 aliphatic heterocycles. The number of hydrogen-bond acceptors (Lipinski definition) is 7. The van der Waals surface area contributed by atoms with Crippen molar-refractivity contribution in [1.29, 1.82) is 0 Å². The Morgan fingerprint density at radius 1 is 1.44 bits per heavy atom. The first-order valence-electron chi connectivity index (χ1n) is 8.27. The van der Waals surface area contributed by atoms with E-state index < -0.39 is 0 Å². The normalized spacial score (nSPS) is 17.2. The third kappa shape index (κ3) is 4.33. The molecule has 0 bridgehead atoms. The van der Waals surface area contributed by atoms with Crippen LogP contribution in [0.25, 0.3) is 0 Å². The summed E-state index contributed by atoms with van der Waals surface area (Å²) in [6.45, 7) is 3.17. The number of hydrogen-bond donors (Lipinski definition) is 1. The van der Waals surface area contributed by atoms with E-state index in [2.05, 4.69) is 15.3 Å². The quantitative estimate of drug-likeness (QED) is 0.825. The number of rotatable bonds is 5. The van der Waals surface area contributed by atoms with Crippen LogP contribution < -0.4 is 5.32 Å². The second-order valence-corrected chi connectivity index (χ2v) is 6.58. The molecule has 0 radical (unpaired) electrons. The zero-order chi connectivity index (χ0) is 17.6. The van der Waals surface area contributed by atoms with E-state index in [-0.39, 0.29) is 17.8 Å². The van der Waals surface area contributed by atoms with Crippen molar-refractivity contribution in [3.8, 4) is 0 Å². The number of ether oxygens (including phenoxy) is 1. The Morgan fingerprint density at radius 2 is 2.32 bits per heavy atom. The van der Waals surface area contributed by atoms with Gasteiger partial charge in [0.05, 0.1) is 12.5 Å². The van der Waals surface area contributed by atoms with Crippen molar-refractivity contribution in [2.24, 2.45) is 5.92 Å². The molecule has 1 aliphatic rings. The maximum Gasteiger partial charge on any atom is 0.310 e. The Balaban J connectivity index is 1.64. The first-order valence-corrected chi connectivity index (χ1v) is 9.15. The van der Waals surface area contributed by atoms with Gasteiger partial charge in [-0.3, -0.25) is 9.59 Å². The lowest BCUT2D eigenvalue weighted by atomic mass is 9.98. The predicted molar refractivity (Wildman–Crippen MR) is 94.9 cm³/mol. The summed E-state index contributed by atoms with van der Waals surface area (Å²) in [4.78, 5) is 34.8. The summed E-state index contributed by atoms with van der Waals surface area (Å²) in [5.41, 5.74) is 0.382. The maximum atomic E-state index is 12.7. The van der Waals surface area contributed by atoms with Crippen LogP contribution in [0.3, 0.4) is 0 Å². The Bertz CT molecular complexity index is 735. The van der Waals surface area contributed by atoms with Gasteiger partial charge < -0.3 is 15.0 Å². The van der Waals surface area contributed by atoms with Crippen LogP contribution in [0.5, 0.6) is 0 Å². The topological polar surface area (TPSA) is 84.4 Å². The van der Waals surface area contributed by atoms with Gasteiger partial charge in [0.15, 0.2) is 5.13 Å². The highest BCUT2D eigenvalue weighted by Crippen LogP contribution is 2.23. The highest BCUT2D eigenvalue weighted by Gasteiger charge is 2.30. The Morgan fingerprint density at radius 3 is 3.08 bits per heavy atom. The van der Waals surface area contributed by atoms with Crippen molar-refractivity contribution in [3.63, 3.8) is 0 Å². The highest BCUT2D eigenvalue weighted by molar-refractivity contribution is 7.14. The average Bonchev–Trinajstić information content (AvgIpc) is 3.11. The molecule has 0 unspecified atom stereocenters. The minimum Gasteiger partial charge on any atom is -0.466 e. The number of nitrogens with zero attached hydrogens (tertiary/aromatic N) is 3. The average molecular weight is 360 g/mol. The van der Waals surface area contributed by atoms with Gasteiger partial charge in [0.25, 0.3) is 5.91 Å². The van der Waals surface area contributed by atoms with Crippen molar-refractivity contribution in [1.82, 2.24) is 14.9 Å². The first-order chi connectivity index (χ1) is 12.2. The van der Waals surface area contributed by atoms with Gasteiger partial charge in [0.1, 0.15) is 11.5 Å². The molecule has 2 aromatic rings. The monoisotopic (exact) mass is 360 g/mol. The number of esters is 1. The number of nitrogens with one attached hydrogen (secondary N) is 1. The number of carbonyl (C=O) groups excluding carboxylic acids is 2. The van der Waals surface area contributed by atoms with Gasteiger partial charge in [-0.25, -0.2) is 9.97 Å². The van der Waals surface area contributed by atoms with Gasteiger partial charge in [-0.15, -0.1) is 11.3 Å².